The number of carbonyl (C=O) groups is 2. The molecule has 1 aliphatic heterocycles. The number of esters is 1. The van der Waals surface area contributed by atoms with Crippen LogP contribution in [0.25, 0.3) is 10.2 Å². The van der Waals surface area contributed by atoms with Crippen molar-refractivity contribution in [1.29, 1.82) is 0 Å². The van der Waals surface area contributed by atoms with Crippen molar-refractivity contribution in [2.45, 2.75) is 38.8 Å². The third-order valence-electron chi connectivity index (χ3n) is 5.80. The summed E-state index contributed by atoms with van der Waals surface area (Å²) in [6.07, 6.45) is 4.39. The van der Waals surface area contributed by atoms with Crippen LogP contribution in [-0.4, -0.2) is 28.2 Å². The molecule has 1 atom stereocenters. The number of amides is 2. The van der Waals surface area contributed by atoms with Gasteiger partial charge in [-0.2, -0.15) is 0 Å². The molecular formula is C23H22N4O4S. The van der Waals surface area contributed by atoms with Gasteiger partial charge in [-0.15, -0.1) is 11.3 Å². The van der Waals surface area contributed by atoms with Crippen molar-refractivity contribution in [2.75, 3.05) is 6.61 Å². The number of hydrogen-bond acceptors (Lipinski definition) is 6. The second-order valence-electron chi connectivity index (χ2n) is 7.77. The highest BCUT2D eigenvalue weighted by Gasteiger charge is 2.34. The Morgan fingerprint density at radius 1 is 1.25 bits per heavy atom. The van der Waals surface area contributed by atoms with Crippen LogP contribution in [0, 0.1) is 0 Å². The molecule has 0 saturated carbocycles. The smallest absolute Gasteiger partial charge is 0.338 e. The van der Waals surface area contributed by atoms with Gasteiger partial charge in [-0.05, 0) is 37.3 Å². The highest BCUT2D eigenvalue weighted by atomic mass is 32.1. The van der Waals surface area contributed by atoms with E-state index in [0.29, 0.717) is 11.1 Å². The largest absolute Gasteiger partial charge is 0.463 e. The van der Waals surface area contributed by atoms with Crippen LogP contribution < -0.4 is 16.2 Å². The molecule has 3 aromatic rings. The Labute approximate surface area is 187 Å². The quantitative estimate of drug-likeness (QED) is 0.582. The Morgan fingerprint density at radius 2 is 2.06 bits per heavy atom. The van der Waals surface area contributed by atoms with Gasteiger partial charge in [0.2, 0.25) is 0 Å². The van der Waals surface area contributed by atoms with Gasteiger partial charge in [0, 0.05) is 4.88 Å². The number of aromatic nitrogens is 2. The van der Waals surface area contributed by atoms with Gasteiger partial charge in [0.25, 0.3) is 5.56 Å². The van der Waals surface area contributed by atoms with Gasteiger partial charge in [-0.3, -0.25) is 9.36 Å². The van der Waals surface area contributed by atoms with Gasteiger partial charge in [0.05, 0.1) is 42.2 Å². The number of fused-ring (bicyclic) bond motifs is 3. The first-order valence-corrected chi connectivity index (χ1v) is 11.4. The fraction of sp³-hybridized carbons (Fsp3) is 0.304. The zero-order valence-corrected chi connectivity index (χ0v) is 18.3. The summed E-state index contributed by atoms with van der Waals surface area (Å²) in [5.74, 6) is -0.539. The van der Waals surface area contributed by atoms with Crippen molar-refractivity contribution in [3.8, 4) is 0 Å². The van der Waals surface area contributed by atoms with E-state index < -0.39 is 18.0 Å². The van der Waals surface area contributed by atoms with Crippen LogP contribution in [0.5, 0.6) is 0 Å². The molecule has 8 nitrogen and oxygen atoms in total. The zero-order valence-electron chi connectivity index (χ0n) is 17.5. The average Bonchev–Trinajstić information content (AvgIpc) is 3.37. The molecule has 2 amide bonds. The monoisotopic (exact) mass is 450 g/mol. The molecule has 5 rings (SSSR count). The number of carbonyl (C=O) groups excluding carboxylic acids is 2. The van der Waals surface area contributed by atoms with Crippen molar-refractivity contribution in [2.24, 2.45) is 0 Å². The van der Waals surface area contributed by atoms with E-state index in [9.17, 15) is 14.4 Å². The van der Waals surface area contributed by atoms with E-state index in [-0.39, 0.29) is 24.3 Å². The molecule has 0 saturated heterocycles. The van der Waals surface area contributed by atoms with Crippen LogP contribution in [0.15, 0.2) is 52.7 Å². The van der Waals surface area contributed by atoms with Crippen molar-refractivity contribution >= 4 is 33.6 Å². The summed E-state index contributed by atoms with van der Waals surface area (Å²) in [5, 5.41) is 6.18. The summed E-state index contributed by atoms with van der Waals surface area (Å²) in [6, 6.07) is 8.08. The van der Waals surface area contributed by atoms with Crippen LogP contribution in [0.1, 0.15) is 35.4 Å². The molecule has 2 aliphatic rings. The van der Waals surface area contributed by atoms with Crippen LogP contribution in [-0.2, 0) is 28.9 Å². The maximum atomic E-state index is 13.3. The lowest BCUT2D eigenvalue weighted by molar-refractivity contribution is -0.139. The molecule has 3 heterocycles. The highest BCUT2D eigenvalue weighted by molar-refractivity contribution is 7.18. The van der Waals surface area contributed by atoms with Crippen molar-refractivity contribution in [3.05, 3.63) is 74.3 Å². The van der Waals surface area contributed by atoms with E-state index >= 15 is 0 Å². The molecule has 2 N–H and O–H groups in total. The van der Waals surface area contributed by atoms with Gasteiger partial charge in [0.1, 0.15) is 4.83 Å². The maximum Gasteiger partial charge on any atom is 0.338 e. The summed E-state index contributed by atoms with van der Waals surface area (Å²) in [4.78, 5) is 45.2. The van der Waals surface area contributed by atoms with Crippen molar-refractivity contribution in [3.63, 3.8) is 0 Å². The number of ether oxygens (including phenoxy) is 1. The highest BCUT2D eigenvalue weighted by Crippen LogP contribution is 2.34. The molecule has 1 aliphatic carbocycles. The number of thiophene rings is 1. The minimum Gasteiger partial charge on any atom is -0.463 e. The number of aryl methyl sites for hydroxylation is 2. The van der Waals surface area contributed by atoms with E-state index in [4.69, 9.17) is 4.74 Å². The van der Waals surface area contributed by atoms with Crippen LogP contribution in [0.2, 0.25) is 0 Å². The molecule has 0 fully saturated rings. The van der Waals surface area contributed by atoms with Gasteiger partial charge in [-0.1, -0.05) is 30.3 Å². The number of allylic oxidation sites excluding steroid dienone is 1. The Hall–Kier alpha value is -3.46. The third kappa shape index (κ3) is 3.48. The van der Waals surface area contributed by atoms with Crippen molar-refractivity contribution < 1.29 is 14.3 Å². The molecule has 0 spiro atoms. The summed E-state index contributed by atoms with van der Waals surface area (Å²) >= 11 is 1.58. The van der Waals surface area contributed by atoms with Crippen LogP contribution in [0.4, 0.5) is 4.79 Å². The number of hydrogen-bond donors (Lipinski definition) is 2. The van der Waals surface area contributed by atoms with Gasteiger partial charge >= 0.3 is 12.0 Å². The molecule has 1 unspecified atom stereocenters. The van der Waals surface area contributed by atoms with Crippen LogP contribution in [0.3, 0.4) is 0 Å². The van der Waals surface area contributed by atoms with Crippen molar-refractivity contribution in [1.82, 2.24) is 20.2 Å². The molecule has 9 heteroatoms. The summed E-state index contributed by atoms with van der Waals surface area (Å²) in [7, 11) is 0. The molecule has 1 aromatic carbocycles. The molecule has 32 heavy (non-hydrogen) atoms. The first-order chi connectivity index (χ1) is 15.6. The lowest BCUT2D eigenvalue weighted by Gasteiger charge is -2.29. The standard InChI is InChI=1S/C23H22N4O4S/c1-2-31-22(29)18-15(25-23(30)26-19(18)13-7-4-3-5-8-13)11-27-12-24-20-17(21(27)28)14-9-6-10-16(14)32-20/h3-5,7-8,12,19H,2,6,9-11H2,1H3,(H2,25,26,30). The summed E-state index contributed by atoms with van der Waals surface area (Å²) in [5.41, 5.74) is 2.29. The number of nitrogens with one attached hydrogen (secondary N) is 2. The first kappa shape index (κ1) is 20.4. The first-order valence-electron chi connectivity index (χ1n) is 10.6. The molecule has 164 valence electrons. The summed E-state index contributed by atoms with van der Waals surface area (Å²) < 4.78 is 6.75. The fourth-order valence-corrected chi connectivity index (χ4v) is 5.61. The van der Waals surface area contributed by atoms with Gasteiger partial charge < -0.3 is 15.4 Å². The second-order valence-corrected chi connectivity index (χ2v) is 8.85. The van der Waals surface area contributed by atoms with Gasteiger partial charge in [0.15, 0.2) is 0 Å². The SMILES string of the molecule is CCOC(=O)C1=C(Cn2cnc3sc4c(c3c2=O)CCC4)NC(=O)NC1c1ccccc1. The van der Waals surface area contributed by atoms with Crippen LogP contribution >= 0.6 is 11.3 Å². The second kappa shape index (κ2) is 8.23. The minimum absolute atomic E-state index is 0.0112. The molecule has 0 bridgehead atoms. The Balaban J connectivity index is 1.62. The number of urea groups is 1. The number of nitrogens with zero attached hydrogens (tertiary/aromatic N) is 2. The maximum absolute atomic E-state index is 13.3. The fourth-order valence-electron chi connectivity index (χ4n) is 4.39. The van der Waals surface area contributed by atoms with E-state index in [1.807, 2.05) is 30.3 Å². The average molecular weight is 451 g/mol. The lowest BCUT2D eigenvalue weighted by Crippen LogP contribution is -2.47. The summed E-state index contributed by atoms with van der Waals surface area (Å²) in [6.45, 7) is 1.93. The Kier molecular flexibility index (Phi) is 5.26. The predicted octanol–water partition coefficient (Wildman–Crippen LogP) is 2.82. The van der Waals surface area contributed by atoms with E-state index in [0.717, 1.165) is 35.2 Å². The number of rotatable bonds is 5. The van der Waals surface area contributed by atoms with E-state index in [1.54, 1.807) is 18.3 Å². The predicted molar refractivity (Wildman–Crippen MR) is 120 cm³/mol. The van der Waals surface area contributed by atoms with E-state index in [1.165, 1.54) is 15.8 Å². The molecule has 0 radical (unpaired) electrons. The number of benzene rings is 1. The molecular weight excluding hydrogens is 428 g/mol. The Bertz CT molecular complexity index is 1310. The van der Waals surface area contributed by atoms with E-state index in [2.05, 4.69) is 15.6 Å². The normalized spacial score (nSPS) is 17.8. The molecule has 2 aromatic heterocycles. The minimum atomic E-state index is -0.684. The Morgan fingerprint density at radius 3 is 2.84 bits per heavy atom. The topological polar surface area (TPSA) is 102 Å². The zero-order chi connectivity index (χ0) is 22.2. The lowest BCUT2D eigenvalue weighted by atomic mass is 9.95. The third-order valence-corrected chi connectivity index (χ3v) is 7.00. The van der Waals surface area contributed by atoms with Gasteiger partial charge in [-0.25, -0.2) is 14.6 Å².